The summed E-state index contributed by atoms with van der Waals surface area (Å²) >= 11 is 3.39. The van der Waals surface area contributed by atoms with Crippen LogP contribution in [0.4, 0.5) is 0 Å². The molecule has 2 aromatic rings. The molecule has 4 nitrogen and oxygen atoms in total. The van der Waals surface area contributed by atoms with Crippen LogP contribution in [0.2, 0.25) is 0 Å². The van der Waals surface area contributed by atoms with Gasteiger partial charge in [-0.05, 0) is 31.0 Å². The Morgan fingerprint density at radius 2 is 2.33 bits per heavy atom. The Morgan fingerprint density at radius 3 is 3.00 bits per heavy atom. The molecule has 0 saturated carbocycles. The third-order valence-electron chi connectivity index (χ3n) is 2.87. The highest BCUT2D eigenvalue weighted by molar-refractivity contribution is 9.10. The van der Waals surface area contributed by atoms with Gasteiger partial charge in [-0.15, -0.1) is 0 Å². The highest BCUT2D eigenvalue weighted by Gasteiger charge is 2.15. The number of aliphatic hydroxyl groups is 1. The second-order valence-electron chi connectivity index (χ2n) is 4.19. The quantitative estimate of drug-likeness (QED) is 0.942. The number of benzene rings is 1. The first kappa shape index (κ1) is 13.1. The zero-order valence-corrected chi connectivity index (χ0v) is 11.7. The Morgan fingerprint density at radius 1 is 1.56 bits per heavy atom. The number of hydrogen-bond acceptors (Lipinski definition) is 3. The molecular formula is C13H14BrN3O. The van der Waals surface area contributed by atoms with Crippen LogP contribution >= 0.6 is 15.9 Å². The van der Waals surface area contributed by atoms with Crippen molar-refractivity contribution in [1.82, 2.24) is 9.78 Å². The van der Waals surface area contributed by atoms with Crippen LogP contribution in [0.3, 0.4) is 0 Å². The SMILES string of the molecule is CCCCC(O)n1nc(C#N)c2ccc(Br)cc21. The summed E-state index contributed by atoms with van der Waals surface area (Å²) in [4.78, 5) is 0. The predicted molar refractivity (Wildman–Crippen MR) is 72.9 cm³/mol. The zero-order valence-electron chi connectivity index (χ0n) is 10.1. The van der Waals surface area contributed by atoms with E-state index in [0.717, 1.165) is 28.2 Å². The summed E-state index contributed by atoms with van der Waals surface area (Å²) in [7, 11) is 0. The molecule has 1 unspecified atom stereocenters. The van der Waals surface area contributed by atoms with Gasteiger partial charge in [0.1, 0.15) is 12.3 Å². The van der Waals surface area contributed by atoms with Gasteiger partial charge in [0.05, 0.1) is 5.52 Å². The number of rotatable bonds is 4. The Bertz CT molecular complexity index is 600. The maximum absolute atomic E-state index is 10.1. The van der Waals surface area contributed by atoms with Crippen LogP contribution in [0, 0.1) is 11.3 Å². The number of unbranched alkanes of at least 4 members (excludes halogenated alkanes) is 1. The van der Waals surface area contributed by atoms with Gasteiger partial charge in [0.2, 0.25) is 0 Å². The third-order valence-corrected chi connectivity index (χ3v) is 3.37. The number of aliphatic hydroxyl groups excluding tert-OH is 1. The molecular weight excluding hydrogens is 294 g/mol. The monoisotopic (exact) mass is 307 g/mol. The molecule has 1 aromatic heterocycles. The van der Waals surface area contributed by atoms with E-state index in [2.05, 4.69) is 34.0 Å². The second kappa shape index (κ2) is 5.51. The van der Waals surface area contributed by atoms with E-state index in [1.54, 1.807) is 0 Å². The van der Waals surface area contributed by atoms with E-state index >= 15 is 0 Å². The number of nitrogens with zero attached hydrogens (tertiary/aromatic N) is 3. The van der Waals surface area contributed by atoms with Crippen LogP contribution in [-0.2, 0) is 0 Å². The molecule has 0 aliphatic rings. The van der Waals surface area contributed by atoms with Gasteiger partial charge in [-0.25, -0.2) is 4.68 Å². The van der Waals surface area contributed by atoms with Crippen molar-refractivity contribution >= 4 is 26.8 Å². The molecule has 5 heteroatoms. The molecule has 2 rings (SSSR count). The Kier molecular flexibility index (Phi) is 4.00. The first-order valence-electron chi connectivity index (χ1n) is 5.93. The number of fused-ring (bicyclic) bond motifs is 1. The van der Waals surface area contributed by atoms with Crippen molar-refractivity contribution in [3.05, 3.63) is 28.4 Å². The summed E-state index contributed by atoms with van der Waals surface area (Å²) in [6, 6.07) is 7.65. The van der Waals surface area contributed by atoms with Crippen molar-refractivity contribution in [3.63, 3.8) is 0 Å². The van der Waals surface area contributed by atoms with Crippen molar-refractivity contribution in [3.8, 4) is 6.07 Å². The molecule has 0 spiro atoms. The van der Waals surface area contributed by atoms with Crippen LogP contribution in [0.15, 0.2) is 22.7 Å². The maximum atomic E-state index is 10.1. The minimum absolute atomic E-state index is 0.355. The van der Waals surface area contributed by atoms with Gasteiger partial charge in [0.25, 0.3) is 0 Å². The van der Waals surface area contributed by atoms with Crippen LogP contribution < -0.4 is 0 Å². The fourth-order valence-corrected chi connectivity index (χ4v) is 2.28. The number of halogens is 1. The van der Waals surface area contributed by atoms with E-state index in [-0.39, 0.29) is 0 Å². The number of nitriles is 1. The molecule has 1 heterocycles. The minimum atomic E-state index is -0.677. The van der Waals surface area contributed by atoms with Gasteiger partial charge in [0, 0.05) is 9.86 Å². The summed E-state index contributed by atoms with van der Waals surface area (Å²) < 4.78 is 2.44. The van der Waals surface area contributed by atoms with Crippen LogP contribution in [0.1, 0.15) is 38.1 Å². The summed E-state index contributed by atoms with van der Waals surface area (Å²) in [5.41, 5.74) is 1.14. The highest BCUT2D eigenvalue weighted by atomic mass is 79.9. The van der Waals surface area contributed by atoms with Gasteiger partial charge in [-0.1, -0.05) is 29.3 Å². The number of aromatic nitrogens is 2. The Labute approximate surface area is 114 Å². The molecule has 0 aliphatic heterocycles. The molecule has 1 aromatic carbocycles. The fourth-order valence-electron chi connectivity index (χ4n) is 1.93. The Hall–Kier alpha value is -1.38. The third kappa shape index (κ3) is 2.40. The number of hydrogen-bond donors (Lipinski definition) is 1. The second-order valence-corrected chi connectivity index (χ2v) is 5.10. The molecule has 0 bridgehead atoms. The first-order chi connectivity index (χ1) is 8.67. The van der Waals surface area contributed by atoms with E-state index in [4.69, 9.17) is 5.26 Å². The lowest BCUT2D eigenvalue weighted by Gasteiger charge is -2.11. The van der Waals surface area contributed by atoms with E-state index in [0.29, 0.717) is 12.1 Å². The minimum Gasteiger partial charge on any atom is -0.372 e. The van der Waals surface area contributed by atoms with Crippen LogP contribution in [0.5, 0.6) is 0 Å². The summed E-state index contributed by atoms with van der Waals surface area (Å²) in [6.07, 6.45) is 1.91. The van der Waals surface area contributed by atoms with E-state index in [1.807, 2.05) is 18.2 Å². The molecule has 0 fully saturated rings. The highest BCUT2D eigenvalue weighted by Crippen LogP contribution is 2.25. The van der Waals surface area contributed by atoms with E-state index < -0.39 is 6.23 Å². The molecule has 0 radical (unpaired) electrons. The molecule has 0 saturated heterocycles. The smallest absolute Gasteiger partial charge is 0.170 e. The fraction of sp³-hybridized carbons (Fsp3) is 0.385. The lowest BCUT2D eigenvalue weighted by Crippen LogP contribution is -2.09. The summed E-state index contributed by atoms with van der Waals surface area (Å²) in [5, 5.41) is 24.1. The predicted octanol–water partition coefficient (Wildman–Crippen LogP) is 3.35. The van der Waals surface area contributed by atoms with Crippen molar-refractivity contribution in [2.24, 2.45) is 0 Å². The topological polar surface area (TPSA) is 61.8 Å². The van der Waals surface area contributed by atoms with E-state index in [9.17, 15) is 5.11 Å². The molecule has 1 atom stereocenters. The maximum Gasteiger partial charge on any atom is 0.170 e. The van der Waals surface area contributed by atoms with Crippen LogP contribution in [-0.4, -0.2) is 14.9 Å². The molecule has 18 heavy (non-hydrogen) atoms. The van der Waals surface area contributed by atoms with Crippen molar-refractivity contribution in [1.29, 1.82) is 5.26 Å². The summed E-state index contributed by atoms with van der Waals surface area (Å²) in [5.74, 6) is 0. The molecule has 1 N–H and O–H groups in total. The first-order valence-corrected chi connectivity index (χ1v) is 6.72. The average molecular weight is 308 g/mol. The van der Waals surface area contributed by atoms with Gasteiger partial charge < -0.3 is 5.11 Å². The average Bonchev–Trinajstić information content (AvgIpc) is 2.73. The summed E-state index contributed by atoms with van der Waals surface area (Å²) in [6.45, 7) is 2.07. The van der Waals surface area contributed by atoms with Gasteiger partial charge in [0.15, 0.2) is 5.69 Å². The van der Waals surface area contributed by atoms with Gasteiger partial charge >= 0.3 is 0 Å². The van der Waals surface area contributed by atoms with Crippen molar-refractivity contribution in [2.75, 3.05) is 0 Å². The van der Waals surface area contributed by atoms with Crippen molar-refractivity contribution < 1.29 is 5.11 Å². The van der Waals surface area contributed by atoms with Gasteiger partial charge in [-0.3, -0.25) is 0 Å². The largest absolute Gasteiger partial charge is 0.372 e. The lowest BCUT2D eigenvalue weighted by molar-refractivity contribution is 0.0836. The molecule has 0 amide bonds. The normalized spacial score (nSPS) is 12.6. The Balaban J connectivity index is 2.50. The lowest BCUT2D eigenvalue weighted by atomic mass is 10.2. The van der Waals surface area contributed by atoms with E-state index in [1.165, 1.54) is 4.68 Å². The molecule has 0 aliphatic carbocycles. The van der Waals surface area contributed by atoms with Gasteiger partial charge in [-0.2, -0.15) is 10.4 Å². The molecule has 94 valence electrons. The standard InChI is InChI=1S/C13H14BrN3O/c1-2-3-4-13(18)17-12-7-9(14)5-6-10(12)11(8-15)16-17/h5-7,13,18H,2-4H2,1H3. The zero-order chi connectivity index (χ0) is 13.1. The van der Waals surface area contributed by atoms with Crippen molar-refractivity contribution in [2.45, 2.75) is 32.4 Å². The van der Waals surface area contributed by atoms with Crippen LogP contribution in [0.25, 0.3) is 10.9 Å².